The first-order valence-corrected chi connectivity index (χ1v) is 9.41. The van der Waals surface area contributed by atoms with Gasteiger partial charge in [0.1, 0.15) is 0 Å². The van der Waals surface area contributed by atoms with Crippen molar-refractivity contribution in [3.63, 3.8) is 0 Å². The zero-order valence-electron chi connectivity index (χ0n) is 12.8. The zero-order valence-corrected chi connectivity index (χ0v) is 13.7. The Hall–Kier alpha value is -0.860. The van der Waals surface area contributed by atoms with E-state index in [1.807, 2.05) is 11.3 Å². The maximum Gasteiger partial charge on any atom is 0.0345 e. The van der Waals surface area contributed by atoms with Crippen LogP contribution >= 0.6 is 11.3 Å². The Kier molecular flexibility index (Phi) is 3.76. The molecule has 3 atom stereocenters. The van der Waals surface area contributed by atoms with E-state index in [1.165, 1.54) is 48.7 Å². The van der Waals surface area contributed by atoms with E-state index >= 15 is 0 Å². The van der Waals surface area contributed by atoms with Gasteiger partial charge in [-0.25, -0.2) is 0 Å². The Balaban J connectivity index is 1.52. The summed E-state index contributed by atoms with van der Waals surface area (Å²) in [5.41, 5.74) is 1.56. The Labute approximate surface area is 131 Å². The third-order valence-corrected chi connectivity index (χ3v) is 6.52. The first-order chi connectivity index (χ1) is 10.3. The number of hydrogen-bond donors (Lipinski definition) is 1. The van der Waals surface area contributed by atoms with Crippen LogP contribution in [0.4, 0.5) is 0 Å². The standard InChI is InChI=1S/C19H25NS/c1-2-7-20-18(15-9-13-8-14(13)10-15)11-16-12-21-19-6-4-3-5-17(16)19/h3-6,12-15,18,20H,2,7-11H2,1H3. The smallest absolute Gasteiger partial charge is 0.0345 e. The highest BCUT2D eigenvalue weighted by Crippen LogP contribution is 2.55. The highest BCUT2D eigenvalue weighted by Gasteiger charge is 2.47. The van der Waals surface area contributed by atoms with E-state index in [1.54, 1.807) is 5.56 Å². The van der Waals surface area contributed by atoms with Crippen LogP contribution in [-0.2, 0) is 6.42 Å². The van der Waals surface area contributed by atoms with Crippen LogP contribution in [0.1, 0.15) is 38.2 Å². The van der Waals surface area contributed by atoms with Crippen LogP contribution in [0.25, 0.3) is 10.1 Å². The fourth-order valence-electron chi connectivity index (χ4n) is 4.25. The van der Waals surface area contributed by atoms with Gasteiger partial charge in [-0.2, -0.15) is 0 Å². The molecule has 2 fully saturated rings. The summed E-state index contributed by atoms with van der Waals surface area (Å²) in [6, 6.07) is 9.57. The van der Waals surface area contributed by atoms with Crippen molar-refractivity contribution in [2.45, 2.75) is 45.1 Å². The van der Waals surface area contributed by atoms with Crippen molar-refractivity contribution in [1.29, 1.82) is 0 Å². The number of thiophene rings is 1. The summed E-state index contributed by atoms with van der Waals surface area (Å²) < 4.78 is 1.44. The number of fused-ring (bicyclic) bond motifs is 2. The monoisotopic (exact) mass is 299 g/mol. The van der Waals surface area contributed by atoms with E-state index in [0.29, 0.717) is 6.04 Å². The lowest BCUT2D eigenvalue weighted by molar-refractivity contribution is 0.333. The summed E-state index contributed by atoms with van der Waals surface area (Å²) in [5, 5.41) is 7.73. The number of hydrogen-bond acceptors (Lipinski definition) is 2. The summed E-state index contributed by atoms with van der Waals surface area (Å²) in [6.07, 6.45) is 6.94. The number of rotatable bonds is 6. The predicted octanol–water partition coefficient (Wildman–Crippen LogP) is 4.86. The van der Waals surface area contributed by atoms with E-state index in [9.17, 15) is 0 Å². The lowest BCUT2D eigenvalue weighted by atomic mass is 9.89. The van der Waals surface area contributed by atoms with Gasteiger partial charge in [-0.05, 0) is 78.8 Å². The first-order valence-electron chi connectivity index (χ1n) is 8.53. The average Bonchev–Trinajstić information content (AvgIpc) is 2.95. The van der Waals surface area contributed by atoms with E-state index in [0.717, 1.165) is 17.8 Å². The molecule has 2 aliphatic rings. The fourth-order valence-corrected chi connectivity index (χ4v) is 5.23. The molecule has 4 rings (SSSR count). The van der Waals surface area contributed by atoms with Gasteiger partial charge in [-0.3, -0.25) is 0 Å². The van der Waals surface area contributed by atoms with Crippen LogP contribution in [0.15, 0.2) is 29.6 Å². The molecule has 0 spiro atoms. The molecule has 1 aromatic carbocycles. The van der Waals surface area contributed by atoms with Crippen molar-refractivity contribution in [2.24, 2.45) is 17.8 Å². The second kappa shape index (κ2) is 5.73. The van der Waals surface area contributed by atoms with Gasteiger partial charge in [-0.15, -0.1) is 11.3 Å². The Morgan fingerprint density at radius 1 is 1.19 bits per heavy atom. The summed E-state index contributed by atoms with van der Waals surface area (Å²) in [4.78, 5) is 0. The Morgan fingerprint density at radius 2 is 2.00 bits per heavy atom. The highest BCUT2D eigenvalue weighted by atomic mass is 32.1. The second-order valence-corrected chi connectivity index (χ2v) is 7.92. The second-order valence-electron chi connectivity index (χ2n) is 7.01. The molecule has 2 aromatic rings. The van der Waals surface area contributed by atoms with Crippen molar-refractivity contribution in [3.8, 4) is 0 Å². The van der Waals surface area contributed by atoms with E-state index in [2.05, 4.69) is 41.9 Å². The van der Waals surface area contributed by atoms with Crippen LogP contribution in [-0.4, -0.2) is 12.6 Å². The van der Waals surface area contributed by atoms with Gasteiger partial charge in [0.2, 0.25) is 0 Å². The quantitative estimate of drug-likeness (QED) is 0.803. The molecule has 0 radical (unpaired) electrons. The third kappa shape index (κ3) is 2.76. The van der Waals surface area contributed by atoms with Crippen LogP contribution in [0.2, 0.25) is 0 Å². The van der Waals surface area contributed by atoms with Gasteiger partial charge in [0.15, 0.2) is 0 Å². The summed E-state index contributed by atoms with van der Waals surface area (Å²) in [6.45, 7) is 3.44. The molecular formula is C19H25NS. The summed E-state index contributed by atoms with van der Waals surface area (Å²) in [5.74, 6) is 3.08. The molecule has 2 heteroatoms. The van der Waals surface area contributed by atoms with Crippen molar-refractivity contribution >= 4 is 21.4 Å². The molecule has 0 saturated heterocycles. The van der Waals surface area contributed by atoms with Crippen molar-refractivity contribution in [3.05, 3.63) is 35.2 Å². The van der Waals surface area contributed by atoms with Gasteiger partial charge in [0.05, 0.1) is 0 Å². The van der Waals surface area contributed by atoms with Crippen LogP contribution in [0.3, 0.4) is 0 Å². The minimum absolute atomic E-state index is 0.691. The van der Waals surface area contributed by atoms with Gasteiger partial charge in [0, 0.05) is 10.7 Å². The molecule has 3 unspecified atom stereocenters. The minimum atomic E-state index is 0.691. The normalized spacial score (nSPS) is 28.7. The molecule has 0 amide bonds. The molecule has 2 saturated carbocycles. The van der Waals surface area contributed by atoms with Gasteiger partial charge in [-0.1, -0.05) is 25.1 Å². The molecule has 21 heavy (non-hydrogen) atoms. The molecule has 0 aliphatic heterocycles. The summed E-state index contributed by atoms with van der Waals surface area (Å²) >= 11 is 1.90. The molecule has 1 heterocycles. The van der Waals surface area contributed by atoms with Crippen molar-refractivity contribution < 1.29 is 0 Å². The van der Waals surface area contributed by atoms with E-state index in [-0.39, 0.29) is 0 Å². The molecular weight excluding hydrogens is 274 g/mol. The molecule has 112 valence electrons. The van der Waals surface area contributed by atoms with E-state index in [4.69, 9.17) is 0 Å². The largest absolute Gasteiger partial charge is 0.313 e. The maximum atomic E-state index is 3.86. The predicted molar refractivity (Wildman–Crippen MR) is 91.9 cm³/mol. The third-order valence-electron chi connectivity index (χ3n) is 5.51. The Morgan fingerprint density at radius 3 is 2.81 bits per heavy atom. The van der Waals surface area contributed by atoms with Gasteiger partial charge in [0.25, 0.3) is 0 Å². The van der Waals surface area contributed by atoms with Crippen LogP contribution < -0.4 is 5.32 Å². The molecule has 2 aliphatic carbocycles. The zero-order chi connectivity index (χ0) is 14.2. The number of benzene rings is 1. The van der Waals surface area contributed by atoms with Crippen LogP contribution in [0.5, 0.6) is 0 Å². The molecule has 0 bridgehead atoms. The SMILES string of the molecule is CCCNC(Cc1csc2ccccc12)C1CC2CC2C1. The maximum absolute atomic E-state index is 3.86. The minimum Gasteiger partial charge on any atom is -0.313 e. The summed E-state index contributed by atoms with van der Waals surface area (Å²) in [7, 11) is 0. The lowest BCUT2D eigenvalue weighted by Gasteiger charge is -2.26. The number of nitrogens with one attached hydrogen (secondary N) is 1. The van der Waals surface area contributed by atoms with Gasteiger partial charge < -0.3 is 5.32 Å². The molecule has 1 nitrogen and oxygen atoms in total. The highest BCUT2D eigenvalue weighted by molar-refractivity contribution is 7.17. The first kappa shape index (κ1) is 13.8. The topological polar surface area (TPSA) is 12.0 Å². The van der Waals surface area contributed by atoms with Gasteiger partial charge >= 0.3 is 0 Å². The van der Waals surface area contributed by atoms with Crippen molar-refractivity contribution in [2.75, 3.05) is 6.54 Å². The average molecular weight is 299 g/mol. The molecule has 1 N–H and O–H groups in total. The fraction of sp³-hybridized carbons (Fsp3) is 0.579. The van der Waals surface area contributed by atoms with E-state index < -0.39 is 0 Å². The lowest BCUT2D eigenvalue weighted by Crippen LogP contribution is -2.38. The van der Waals surface area contributed by atoms with Crippen molar-refractivity contribution in [1.82, 2.24) is 5.32 Å². The Bertz CT molecular complexity index is 607. The van der Waals surface area contributed by atoms with Crippen LogP contribution in [0, 0.1) is 17.8 Å². The molecule has 1 aromatic heterocycles.